The lowest BCUT2D eigenvalue weighted by Crippen LogP contribution is -2.63. The third kappa shape index (κ3) is 7.24. The summed E-state index contributed by atoms with van der Waals surface area (Å²) in [6.45, 7) is 7.25. The zero-order valence-corrected chi connectivity index (χ0v) is 18.4. The minimum Gasteiger partial charge on any atom is -0.444 e. The molecule has 1 heterocycles. The van der Waals surface area contributed by atoms with Crippen LogP contribution in [0.15, 0.2) is 29.3 Å². The van der Waals surface area contributed by atoms with Crippen LogP contribution in [-0.2, 0) is 11.3 Å². The van der Waals surface area contributed by atoms with Gasteiger partial charge in [-0.05, 0) is 38.5 Å². The Morgan fingerprint density at radius 2 is 1.85 bits per heavy atom. The van der Waals surface area contributed by atoms with Crippen LogP contribution in [0.2, 0.25) is 0 Å². The van der Waals surface area contributed by atoms with Crippen LogP contribution < -0.4 is 16.4 Å². The Morgan fingerprint density at radius 3 is 2.33 bits per heavy atom. The highest BCUT2D eigenvalue weighted by molar-refractivity contribution is 14.0. The number of hydrogen-bond acceptors (Lipinski definition) is 4. The van der Waals surface area contributed by atoms with Crippen molar-refractivity contribution in [3.05, 3.63) is 35.4 Å². The smallest absolute Gasteiger partial charge is 0.410 e. The number of ether oxygens (including phenoxy) is 1. The number of benzene rings is 1. The van der Waals surface area contributed by atoms with Crippen molar-refractivity contribution >= 4 is 41.9 Å². The molecule has 9 heteroatoms. The molecular weight excluding hydrogens is 461 g/mol. The Kier molecular flexibility index (Phi) is 8.32. The van der Waals surface area contributed by atoms with Gasteiger partial charge < -0.3 is 26.0 Å². The number of hydrogen-bond donors (Lipinski definition) is 3. The minimum absolute atomic E-state index is 0. The van der Waals surface area contributed by atoms with Crippen molar-refractivity contribution in [2.45, 2.75) is 39.0 Å². The van der Waals surface area contributed by atoms with E-state index in [1.807, 2.05) is 32.9 Å². The highest BCUT2D eigenvalue weighted by atomic mass is 127. The van der Waals surface area contributed by atoms with Crippen molar-refractivity contribution in [2.75, 3.05) is 20.1 Å². The first-order chi connectivity index (χ1) is 12.2. The molecule has 1 saturated heterocycles. The first-order valence-electron chi connectivity index (χ1n) is 8.52. The summed E-state index contributed by atoms with van der Waals surface area (Å²) < 4.78 is 5.33. The van der Waals surface area contributed by atoms with Crippen LogP contribution in [0.25, 0.3) is 0 Å². The summed E-state index contributed by atoms with van der Waals surface area (Å²) in [6, 6.07) is 7.20. The Morgan fingerprint density at radius 1 is 1.26 bits per heavy atom. The quantitative estimate of drug-likeness (QED) is 0.339. The minimum atomic E-state index is -0.489. The van der Waals surface area contributed by atoms with Crippen molar-refractivity contribution < 1.29 is 14.3 Å². The number of guanidine groups is 1. The molecule has 8 nitrogen and oxygen atoms in total. The zero-order valence-electron chi connectivity index (χ0n) is 16.1. The van der Waals surface area contributed by atoms with Crippen LogP contribution in [0.1, 0.15) is 36.7 Å². The summed E-state index contributed by atoms with van der Waals surface area (Å²) in [5, 5.41) is 6.47. The molecule has 1 aliphatic rings. The van der Waals surface area contributed by atoms with Crippen molar-refractivity contribution in [1.29, 1.82) is 0 Å². The Labute approximate surface area is 176 Å². The van der Waals surface area contributed by atoms with Crippen LogP contribution in [-0.4, -0.2) is 54.6 Å². The predicted molar refractivity (Wildman–Crippen MR) is 115 cm³/mol. The molecule has 0 radical (unpaired) electrons. The van der Waals surface area contributed by atoms with Crippen molar-refractivity contribution in [1.82, 2.24) is 15.5 Å². The Bertz CT molecular complexity index is 679. The van der Waals surface area contributed by atoms with E-state index in [-0.39, 0.29) is 36.1 Å². The number of likely N-dealkylation sites (tertiary alicyclic amines) is 1. The van der Waals surface area contributed by atoms with Crippen LogP contribution >= 0.6 is 24.0 Å². The molecule has 2 amide bonds. The average Bonchev–Trinajstić information content (AvgIpc) is 2.51. The molecule has 27 heavy (non-hydrogen) atoms. The number of halogens is 1. The number of primary amides is 1. The summed E-state index contributed by atoms with van der Waals surface area (Å²) in [6.07, 6.45) is -0.298. The molecule has 0 spiro atoms. The van der Waals surface area contributed by atoms with Gasteiger partial charge >= 0.3 is 6.09 Å². The monoisotopic (exact) mass is 489 g/mol. The van der Waals surface area contributed by atoms with Crippen LogP contribution in [0.3, 0.4) is 0 Å². The van der Waals surface area contributed by atoms with E-state index in [0.717, 1.165) is 5.56 Å². The van der Waals surface area contributed by atoms with Gasteiger partial charge in [0, 0.05) is 32.2 Å². The molecular formula is C18H28IN5O3. The molecule has 0 atom stereocenters. The van der Waals surface area contributed by atoms with Crippen LogP contribution in [0, 0.1) is 0 Å². The van der Waals surface area contributed by atoms with Gasteiger partial charge in [0.2, 0.25) is 5.91 Å². The van der Waals surface area contributed by atoms with Crippen molar-refractivity contribution in [3.63, 3.8) is 0 Å². The van der Waals surface area contributed by atoms with E-state index >= 15 is 0 Å². The molecule has 0 aliphatic carbocycles. The van der Waals surface area contributed by atoms with Crippen molar-refractivity contribution in [3.8, 4) is 0 Å². The van der Waals surface area contributed by atoms with E-state index in [0.29, 0.717) is 31.2 Å². The fraction of sp³-hybridized carbons (Fsp3) is 0.500. The van der Waals surface area contributed by atoms with Crippen LogP contribution in [0.5, 0.6) is 0 Å². The fourth-order valence-corrected chi connectivity index (χ4v) is 2.41. The first kappa shape index (κ1) is 23.0. The molecule has 1 aromatic carbocycles. The summed E-state index contributed by atoms with van der Waals surface area (Å²) >= 11 is 0. The lowest BCUT2D eigenvalue weighted by Gasteiger charge is -2.40. The van der Waals surface area contributed by atoms with Gasteiger partial charge in [0.1, 0.15) is 5.60 Å². The number of rotatable bonds is 4. The summed E-state index contributed by atoms with van der Waals surface area (Å²) in [4.78, 5) is 28.8. The lowest BCUT2D eigenvalue weighted by atomic mass is 10.1. The maximum Gasteiger partial charge on any atom is 0.410 e. The molecule has 150 valence electrons. The SMILES string of the molecule is CN=C(NCc1ccc(C(N)=O)cc1)NC1CN(C(=O)OC(C)(C)C)C1.I. The van der Waals surface area contributed by atoms with Gasteiger partial charge in [0.15, 0.2) is 5.96 Å². The number of carbonyl (C=O) groups excluding carboxylic acids is 2. The number of aliphatic imine (C=N–C) groups is 1. The number of nitrogens with two attached hydrogens (primary N) is 1. The number of carbonyl (C=O) groups is 2. The van der Waals surface area contributed by atoms with E-state index in [1.54, 1.807) is 24.1 Å². The third-order valence-electron chi connectivity index (χ3n) is 3.80. The number of amides is 2. The van der Waals surface area contributed by atoms with Crippen LogP contribution in [0.4, 0.5) is 4.79 Å². The molecule has 0 unspecified atom stereocenters. The number of nitrogens with zero attached hydrogens (tertiary/aromatic N) is 2. The van der Waals surface area contributed by atoms with Gasteiger partial charge in [0.25, 0.3) is 0 Å². The fourth-order valence-electron chi connectivity index (χ4n) is 2.41. The predicted octanol–water partition coefficient (Wildman–Crippen LogP) is 1.69. The van der Waals surface area contributed by atoms with E-state index in [2.05, 4.69) is 15.6 Å². The molecule has 4 N–H and O–H groups in total. The van der Waals surface area contributed by atoms with Gasteiger partial charge in [0.05, 0.1) is 6.04 Å². The Hall–Kier alpha value is -2.04. The van der Waals surface area contributed by atoms with Crippen molar-refractivity contribution in [2.24, 2.45) is 10.7 Å². The lowest BCUT2D eigenvalue weighted by molar-refractivity contribution is 0.00700. The normalized spacial score (nSPS) is 14.7. The zero-order chi connectivity index (χ0) is 19.3. The Balaban J connectivity index is 0.00000364. The molecule has 0 saturated carbocycles. The number of nitrogens with one attached hydrogen (secondary N) is 2. The molecule has 2 rings (SSSR count). The maximum absolute atomic E-state index is 11.9. The summed E-state index contributed by atoms with van der Waals surface area (Å²) in [7, 11) is 1.69. The highest BCUT2D eigenvalue weighted by Gasteiger charge is 2.34. The van der Waals surface area contributed by atoms with Gasteiger partial charge in [-0.15, -0.1) is 24.0 Å². The van der Waals surface area contributed by atoms with E-state index in [4.69, 9.17) is 10.5 Å². The maximum atomic E-state index is 11.9. The second-order valence-corrected chi connectivity index (χ2v) is 7.21. The van der Waals surface area contributed by atoms with E-state index in [9.17, 15) is 9.59 Å². The van der Waals surface area contributed by atoms with E-state index < -0.39 is 11.5 Å². The summed E-state index contributed by atoms with van der Waals surface area (Å²) in [5.74, 6) is 0.208. The second kappa shape index (κ2) is 9.77. The highest BCUT2D eigenvalue weighted by Crippen LogP contribution is 2.15. The largest absolute Gasteiger partial charge is 0.444 e. The van der Waals surface area contributed by atoms with E-state index in [1.165, 1.54) is 0 Å². The molecule has 1 fully saturated rings. The van der Waals surface area contributed by atoms with Gasteiger partial charge in [-0.3, -0.25) is 9.79 Å². The standard InChI is InChI=1S/C18H27N5O3.HI/c1-18(2,3)26-17(25)23-10-14(11-23)22-16(20-4)21-9-12-5-7-13(8-6-12)15(19)24;/h5-8,14H,9-11H2,1-4H3,(H2,19,24)(H2,20,21,22);1H. The average molecular weight is 489 g/mol. The van der Waals surface area contributed by atoms with Gasteiger partial charge in [-0.25, -0.2) is 4.79 Å². The van der Waals surface area contributed by atoms with Gasteiger partial charge in [-0.1, -0.05) is 12.1 Å². The molecule has 0 bridgehead atoms. The molecule has 1 aromatic rings. The topological polar surface area (TPSA) is 109 Å². The molecule has 1 aliphatic heterocycles. The summed E-state index contributed by atoms with van der Waals surface area (Å²) in [5.41, 5.74) is 6.22. The second-order valence-electron chi connectivity index (χ2n) is 7.21. The van der Waals surface area contributed by atoms with Gasteiger partial charge in [-0.2, -0.15) is 0 Å². The first-order valence-corrected chi connectivity index (χ1v) is 8.52. The third-order valence-corrected chi connectivity index (χ3v) is 3.80. The molecule has 0 aromatic heterocycles.